The van der Waals surface area contributed by atoms with Crippen LogP contribution in [0.25, 0.3) is 11.2 Å². The second-order valence-electron chi connectivity index (χ2n) is 11.4. The fourth-order valence-corrected chi connectivity index (χ4v) is 8.61. The third kappa shape index (κ3) is 10.7. The van der Waals surface area contributed by atoms with E-state index in [9.17, 15) is 38.3 Å². The van der Waals surface area contributed by atoms with Gasteiger partial charge < -0.3 is 53.2 Å². The van der Waals surface area contributed by atoms with E-state index >= 15 is 0 Å². The van der Waals surface area contributed by atoms with E-state index in [-0.39, 0.29) is 23.4 Å². The van der Waals surface area contributed by atoms with Crippen LogP contribution in [0.5, 0.6) is 0 Å². The summed E-state index contributed by atoms with van der Waals surface area (Å²) in [5, 5.41) is 0. The molecular weight excluding hydrogens is 776 g/mol. The first kappa shape index (κ1) is 42.0. The summed E-state index contributed by atoms with van der Waals surface area (Å²) in [6.07, 6.45) is -10.9. The Kier molecular flexibility index (Phi) is 13.6. The van der Waals surface area contributed by atoms with E-state index in [1.165, 1.54) is 10.9 Å². The van der Waals surface area contributed by atoms with E-state index in [2.05, 4.69) is 15.0 Å². The highest BCUT2D eigenvalue weighted by molar-refractivity contribution is 8.08. The van der Waals surface area contributed by atoms with Gasteiger partial charge in [0.25, 0.3) is 0 Å². The van der Waals surface area contributed by atoms with Crippen molar-refractivity contribution in [3.8, 4) is 0 Å². The fourth-order valence-electron chi connectivity index (χ4n) is 5.51. The number of carbonyl (C=O) groups is 5. The molecule has 2 aromatic rings. The third-order valence-electron chi connectivity index (χ3n) is 7.30. The zero-order chi connectivity index (χ0) is 39.4. The Morgan fingerprint density at radius 1 is 0.811 bits per heavy atom. The van der Waals surface area contributed by atoms with Gasteiger partial charge in [0.2, 0.25) is 6.29 Å². The van der Waals surface area contributed by atoms with Crippen LogP contribution in [0.1, 0.15) is 54.2 Å². The highest BCUT2D eigenvalue weighted by atomic mass is 32.5. The lowest BCUT2D eigenvalue weighted by atomic mass is 9.96. The predicted molar refractivity (Wildman–Crippen MR) is 175 cm³/mol. The topological polar surface area (TPSA) is 305 Å². The lowest BCUT2D eigenvalue weighted by molar-refractivity contribution is -0.286. The van der Waals surface area contributed by atoms with E-state index in [0.717, 1.165) is 40.9 Å². The minimum Gasteiger partial charge on any atom is -0.456 e. The Morgan fingerprint density at radius 2 is 1.34 bits per heavy atom. The van der Waals surface area contributed by atoms with Crippen molar-refractivity contribution in [2.45, 2.75) is 103 Å². The van der Waals surface area contributed by atoms with Crippen molar-refractivity contribution in [2.75, 3.05) is 12.3 Å². The van der Waals surface area contributed by atoms with Gasteiger partial charge in [0.05, 0.1) is 12.9 Å². The van der Waals surface area contributed by atoms with Crippen LogP contribution in [-0.4, -0.2) is 115 Å². The summed E-state index contributed by atoms with van der Waals surface area (Å²) in [5.74, 6) is -4.30. The Labute approximate surface area is 305 Å². The first-order valence-electron chi connectivity index (χ1n) is 15.5. The van der Waals surface area contributed by atoms with Gasteiger partial charge in [-0.2, -0.15) is 0 Å². The third-order valence-corrected chi connectivity index (χ3v) is 10.8. The number of hydrogen-bond acceptors (Lipinski definition) is 21. The maximum absolute atomic E-state index is 13.3. The van der Waals surface area contributed by atoms with Crippen molar-refractivity contribution < 1.29 is 84.8 Å². The largest absolute Gasteiger partial charge is 0.481 e. The molecule has 4 rings (SSSR count). The lowest BCUT2D eigenvalue weighted by Gasteiger charge is -2.44. The molecule has 2 aliphatic heterocycles. The van der Waals surface area contributed by atoms with Crippen LogP contribution in [0.3, 0.4) is 0 Å². The number of phosphoric acid groups is 1. The molecule has 5 unspecified atom stereocenters. The molecule has 0 aromatic carbocycles. The molecule has 0 spiro atoms. The Morgan fingerprint density at radius 3 is 1.91 bits per heavy atom. The van der Waals surface area contributed by atoms with Gasteiger partial charge in [-0.05, 0) is 18.2 Å². The molecule has 0 saturated carbocycles. The predicted octanol–water partition coefficient (Wildman–Crippen LogP) is 0.466. The smallest absolute Gasteiger partial charge is 0.456 e. The number of anilines is 1. The number of carbonyl (C=O) groups excluding carboxylic acids is 5. The van der Waals surface area contributed by atoms with Gasteiger partial charge in [-0.25, -0.2) is 23.8 Å². The minimum atomic E-state index is -5.55. The number of aromatic nitrogens is 4. The van der Waals surface area contributed by atoms with E-state index in [0.29, 0.717) is 0 Å². The van der Waals surface area contributed by atoms with Gasteiger partial charge in [-0.15, -0.1) is 0 Å². The van der Waals surface area contributed by atoms with Gasteiger partial charge in [0.15, 0.2) is 48.2 Å². The molecule has 53 heavy (non-hydrogen) atoms. The fraction of sp³-hybridized carbons (Fsp3) is 0.630. The first-order valence-corrected chi connectivity index (χ1v) is 19.6. The van der Waals surface area contributed by atoms with E-state index in [1.54, 1.807) is 6.92 Å². The summed E-state index contributed by atoms with van der Waals surface area (Å²) in [7, 11) is -5.55. The summed E-state index contributed by atoms with van der Waals surface area (Å²) >= 11 is 4.96. The zero-order valence-corrected chi connectivity index (χ0v) is 31.5. The number of rotatable bonds is 14. The molecule has 0 amide bonds. The average molecular weight is 814 g/mol. The van der Waals surface area contributed by atoms with Gasteiger partial charge >= 0.3 is 44.4 Å². The van der Waals surface area contributed by atoms with Crippen LogP contribution in [0.2, 0.25) is 0 Å². The van der Waals surface area contributed by atoms with Gasteiger partial charge in [-0.3, -0.25) is 33.1 Å². The number of imidazole rings is 1. The van der Waals surface area contributed by atoms with Crippen molar-refractivity contribution in [2.24, 2.45) is 0 Å². The summed E-state index contributed by atoms with van der Waals surface area (Å²) in [6.45, 7) is 1.17. The monoisotopic (exact) mass is 813 g/mol. The molecular formula is C27H37N5O18P2S. The molecule has 0 aliphatic carbocycles. The second kappa shape index (κ2) is 17.2. The molecule has 2 aliphatic rings. The summed E-state index contributed by atoms with van der Waals surface area (Å²) < 4.78 is 68.2. The molecule has 2 aromatic heterocycles. The van der Waals surface area contributed by atoms with E-state index < -0.39 is 106 Å². The van der Waals surface area contributed by atoms with Crippen LogP contribution in [0, 0.1) is 0 Å². The molecule has 2 fully saturated rings. The Bertz CT molecular complexity index is 1810. The normalized spacial score (nSPS) is 29.3. The van der Waals surface area contributed by atoms with Gasteiger partial charge in [0.1, 0.15) is 24.1 Å². The van der Waals surface area contributed by atoms with Crippen LogP contribution in [0.4, 0.5) is 5.82 Å². The lowest BCUT2D eigenvalue weighted by Crippen LogP contribution is -2.61. The van der Waals surface area contributed by atoms with Crippen LogP contribution >= 0.6 is 14.5 Å². The minimum absolute atomic E-state index is 0.0232. The number of ether oxygens (including phenoxy) is 7. The van der Waals surface area contributed by atoms with Crippen LogP contribution in [0.15, 0.2) is 12.7 Å². The molecule has 4 heterocycles. The van der Waals surface area contributed by atoms with Crippen molar-refractivity contribution in [1.82, 2.24) is 19.5 Å². The molecule has 4 N–H and O–H groups in total. The number of esters is 5. The maximum Gasteiger partial charge on any atom is 0.481 e. The zero-order valence-electron chi connectivity index (χ0n) is 28.9. The number of nitrogens with two attached hydrogens (primary N) is 1. The van der Waals surface area contributed by atoms with Crippen molar-refractivity contribution in [1.29, 1.82) is 0 Å². The summed E-state index contributed by atoms with van der Waals surface area (Å²) in [5.41, 5.74) is 6.21. The molecule has 11 atom stereocenters. The molecule has 0 bridgehead atoms. The van der Waals surface area contributed by atoms with Crippen molar-refractivity contribution >= 4 is 73.2 Å². The molecule has 26 heteroatoms. The molecule has 2 saturated heterocycles. The van der Waals surface area contributed by atoms with Crippen molar-refractivity contribution in [3.05, 3.63) is 12.7 Å². The number of hydrogen-bond donors (Lipinski definition) is 3. The number of phosphoric ester groups is 1. The standard InChI is InChI=1S/C27H37N5O18P2S/c1-7-16-19(42-11(2)33)21(44-13(4)35)23(46-15(6)37)27(48-16)49-51(38,39)50-52(40,53)41-8-17-20(43-12(3)34)22(45-14(5)36)26(47-17)32-10-31-18-24(28)29-9-30-25(18)32/h9-10,16-17,19-23,26-27H,7-8H2,1-6H3,(H,38,39)(H,40,53)(H2,28,29,30)/t16?,17-,19-,20?,21+,22+,23?,26-,27+,52?/m1/s1. The van der Waals surface area contributed by atoms with E-state index in [1.807, 2.05) is 0 Å². The first-order chi connectivity index (χ1) is 24.7. The summed E-state index contributed by atoms with van der Waals surface area (Å²) in [4.78, 5) is 93.9. The quantitative estimate of drug-likeness (QED) is 0.133. The molecule has 23 nitrogen and oxygen atoms in total. The van der Waals surface area contributed by atoms with Crippen molar-refractivity contribution in [3.63, 3.8) is 0 Å². The average Bonchev–Trinajstić information content (AvgIpc) is 3.59. The van der Waals surface area contributed by atoms with Gasteiger partial charge in [-0.1, -0.05) is 6.92 Å². The molecule has 0 radical (unpaired) electrons. The Hall–Kier alpha value is -3.70. The number of nitrogens with zero attached hydrogens (tertiary/aromatic N) is 4. The molecule has 294 valence electrons. The SMILES string of the molecule is CCC1O[C@@H](OP(=O)(O)OP(O)(=S)OC[C@H]2O[C@@H](n3cnc4c(N)ncnc43)[C@@H](OC(C)=O)C2OC(C)=O)C(OC(C)=O)[C@@H](OC(C)=O)[C@@H]1OC(C)=O. The number of nitrogen functional groups attached to an aromatic ring is 1. The van der Waals surface area contributed by atoms with Crippen LogP contribution < -0.4 is 5.73 Å². The highest BCUT2D eigenvalue weighted by Gasteiger charge is 2.55. The summed E-state index contributed by atoms with van der Waals surface area (Å²) in [6, 6.07) is 0. The second-order valence-corrected chi connectivity index (χ2v) is 15.8. The van der Waals surface area contributed by atoms with Crippen LogP contribution in [-0.2, 0) is 86.9 Å². The highest BCUT2D eigenvalue weighted by Crippen LogP contribution is 2.62. The Balaban J connectivity index is 1.56. The van der Waals surface area contributed by atoms with Gasteiger partial charge in [0, 0.05) is 34.6 Å². The maximum atomic E-state index is 13.3. The van der Waals surface area contributed by atoms with E-state index in [4.69, 9.17) is 64.1 Å². The number of fused-ring (bicyclic) bond motifs is 1.